The highest BCUT2D eigenvalue weighted by atomic mass is 35.5. The molecule has 20 heavy (non-hydrogen) atoms. The Morgan fingerprint density at radius 2 is 1.85 bits per heavy atom. The zero-order valence-electron chi connectivity index (χ0n) is 11.8. The summed E-state index contributed by atoms with van der Waals surface area (Å²) >= 11 is 6.33. The lowest BCUT2D eigenvalue weighted by atomic mass is 10.1. The molecular weight excluding hydrogens is 268 g/mol. The molecule has 0 spiro atoms. The van der Waals surface area contributed by atoms with Crippen molar-refractivity contribution in [3.63, 3.8) is 0 Å². The van der Waals surface area contributed by atoms with Crippen molar-refractivity contribution < 1.29 is 0 Å². The Bertz CT molecular complexity index is 540. The van der Waals surface area contributed by atoms with Gasteiger partial charge in [0.25, 0.3) is 0 Å². The Balaban J connectivity index is 2.17. The van der Waals surface area contributed by atoms with Crippen LogP contribution in [0, 0.1) is 0 Å². The third kappa shape index (κ3) is 3.75. The molecule has 0 fully saturated rings. The van der Waals surface area contributed by atoms with E-state index in [9.17, 15) is 0 Å². The van der Waals surface area contributed by atoms with Gasteiger partial charge >= 0.3 is 0 Å². The van der Waals surface area contributed by atoms with Crippen molar-refractivity contribution in [1.82, 2.24) is 0 Å². The van der Waals surface area contributed by atoms with Crippen molar-refractivity contribution in [2.24, 2.45) is 5.73 Å². The molecule has 2 rings (SSSR count). The Morgan fingerprint density at radius 1 is 1.10 bits per heavy atom. The first-order chi connectivity index (χ1) is 9.74. The summed E-state index contributed by atoms with van der Waals surface area (Å²) in [4.78, 5) is 2.31. The quantitative estimate of drug-likeness (QED) is 0.874. The summed E-state index contributed by atoms with van der Waals surface area (Å²) in [5.41, 5.74) is 9.16. The predicted molar refractivity (Wildman–Crippen MR) is 87.4 cm³/mol. The summed E-state index contributed by atoms with van der Waals surface area (Å²) in [5, 5.41) is 0.805. The molecule has 2 N–H and O–H groups in total. The van der Waals surface area contributed by atoms with Gasteiger partial charge < -0.3 is 10.6 Å². The highest BCUT2D eigenvalue weighted by Gasteiger charge is 2.08. The monoisotopic (exact) mass is 288 g/mol. The molecule has 0 aliphatic carbocycles. The minimum Gasteiger partial charge on any atom is -0.367 e. The Morgan fingerprint density at radius 3 is 2.45 bits per heavy atom. The Hall–Kier alpha value is -1.51. The highest BCUT2D eigenvalue weighted by molar-refractivity contribution is 6.31. The van der Waals surface area contributed by atoms with E-state index in [1.165, 1.54) is 5.56 Å². The molecule has 2 nitrogen and oxygen atoms in total. The van der Waals surface area contributed by atoms with Crippen LogP contribution >= 0.6 is 11.6 Å². The number of benzene rings is 2. The average Bonchev–Trinajstić information content (AvgIpc) is 2.48. The van der Waals surface area contributed by atoms with Crippen LogP contribution in [0.5, 0.6) is 0 Å². The molecule has 0 saturated heterocycles. The van der Waals surface area contributed by atoms with E-state index in [4.69, 9.17) is 17.3 Å². The van der Waals surface area contributed by atoms with Crippen molar-refractivity contribution in [1.29, 1.82) is 0 Å². The molecule has 3 heteroatoms. The van der Waals surface area contributed by atoms with E-state index in [-0.39, 0.29) is 0 Å². The molecule has 0 atom stereocenters. The largest absolute Gasteiger partial charge is 0.367 e. The van der Waals surface area contributed by atoms with E-state index < -0.39 is 0 Å². The first-order valence-electron chi connectivity index (χ1n) is 7.02. The lowest BCUT2D eigenvalue weighted by molar-refractivity contribution is 0.831. The SMILES string of the molecule is CCN(Cc1ccccc1)c1ccc(CCN)c(Cl)c1. The fraction of sp³-hybridized carbons (Fsp3) is 0.294. The van der Waals surface area contributed by atoms with Gasteiger partial charge in [-0.2, -0.15) is 0 Å². The average molecular weight is 289 g/mol. The van der Waals surface area contributed by atoms with Gasteiger partial charge in [-0.25, -0.2) is 0 Å². The van der Waals surface area contributed by atoms with Gasteiger partial charge in [0.05, 0.1) is 0 Å². The van der Waals surface area contributed by atoms with Crippen molar-refractivity contribution in [3.05, 3.63) is 64.7 Å². The molecule has 2 aromatic rings. The van der Waals surface area contributed by atoms with Gasteiger partial charge in [-0.15, -0.1) is 0 Å². The number of nitrogens with zero attached hydrogens (tertiary/aromatic N) is 1. The topological polar surface area (TPSA) is 29.3 Å². The van der Waals surface area contributed by atoms with Crippen LogP contribution in [0.2, 0.25) is 5.02 Å². The van der Waals surface area contributed by atoms with E-state index in [0.717, 1.165) is 35.8 Å². The van der Waals surface area contributed by atoms with Crippen LogP contribution in [-0.2, 0) is 13.0 Å². The molecular formula is C17H21ClN2. The maximum atomic E-state index is 6.33. The van der Waals surface area contributed by atoms with Crippen LogP contribution in [0.25, 0.3) is 0 Å². The van der Waals surface area contributed by atoms with E-state index >= 15 is 0 Å². The Kier molecular flexibility index (Phi) is 5.45. The van der Waals surface area contributed by atoms with E-state index in [2.05, 4.69) is 48.2 Å². The molecule has 0 aromatic heterocycles. The van der Waals surface area contributed by atoms with Crippen LogP contribution in [0.4, 0.5) is 5.69 Å². The molecule has 0 saturated carbocycles. The second-order valence-electron chi connectivity index (χ2n) is 4.81. The number of hydrogen-bond acceptors (Lipinski definition) is 2. The van der Waals surface area contributed by atoms with Gasteiger partial charge in [0, 0.05) is 23.8 Å². The highest BCUT2D eigenvalue weighted by Crippen LogP contribution is 2.25. The van der Waals surface area contributed by atoms with Crippen LogP contribution < -0.4 is 10.6 Å². The molecule has 0 bridgehead atoms. The third-order valence-electron chi connectivity index (χ3n) is 3.41. The lowest BCUT2D eigenvalue weighted by Gasteiger charge is -2.24. The van der Waals surface area contributed by atoms with Crippen LogP contribution in [0.3, 0.4) is 0 Å². The van der Waals surface area contributed by atoms with Gasteiger partial charge in [0.15, 0.2) is 0 Å². The van der Waals surface area contributed by atoms with Crippen LogP contribution in [-0.4, -0.2) is 13.1 Å². The summed E-state index contributed by atoms with van der Waals surface area (Å²) in [6.07, 6.45) is 0.823. The normalized spacial score (nSPS) is 10.6. The maximum Gasteiger partial charge on any atom is 0.0459 e. The van der Waals surface area contributed by atoms with Crippen molar-refractivity contribution in [2.45, 2.75) is 19.9 Å². The van der Waals surface area contributed by atoms with E-state index in [1.807, 2.05) is 12.1 Å². The fourth-order valence-corrected chi connectivity index (χ4v) is 2.55. The summed E-state index contributed by atoms with van der Waals surface area (Å²) in [7, 11) is 0. The van der Waals surface area contributed by atoms with E-state index in [0.29, 0.717) is 6.54 Å². The summed E-state index contributed by atoms with van der Waals surface area (Å²) in [6, 6.07) is 16.7. The summed E-state index contributed by atoms with van der Waals surface area (Å²) in [5.74, 6) is 0. The minimum atomic E-state index is 0.626. The Labute approximate surface area is 126 Å². The second-order valence-corrected chi connectivity index (χ2v) is 5.22. The smallest absolute Gasteiger partial charge is 0.0459 e. The van der Waals surface area contributed by atoms with Gasteiger partial charge in [-0.05, 0) is 43.1 Å². The molecule has 0 unspecified atom stereocenters. The molecule has 0 aliphatic rings. The molecule has 0 aliphatic heterocycles. The summed E-state index contributed by atoms with van der Waals surface area (Å²) in [6.45, 7) is 4.62. The van der Waals surface area contributed by atoms with Crippen molar-refractivity contribution in [2.75, 3.05) is 18.0 Å². The molecule has 106 valence electrons. The van der Waals surface area contributed by atoms with Gasteiger partial charge in [-0.1, -0.05) is 48.0 Å². The second kappa shape index (κ2) is 7.32. The molecule has 2 aromatic carbocycles. The van der Waals surface area contributed by atoms with E-state index in [1.54, 1.807) is 0 Å². The van der Waals surface area contributed by atoms with Gasteiger partial charge in [0.2, 0.25) is 0 Å². The number of anilines is 1. The number of rotatable bonds is 6. The third-order valence-corrected chi connectivity index (χ3v) is 3.77. The summed E-state index contributed by atoms with van der Waals surface area (Å²) < 4.78 is 0. The standard InChI is InChI=1S/C17H21ClN2/c1-2-20(13-14-6-4-3-5-7-14)16-9-8-15(10-11-19)17(18)12-16/h3-9,12H,2,10-11,13,19H2,1H3. The van der Waals surface area contributed by atoms with Crippen LogP contribution in [0.1, 0.15) is 18.1 Å². The zero-order chi connectivity index (χ0) is 14.4. The first kappa shape index (κ1) is 14.9. The number of nitrogens with two attached hydrogens (primary N) is 1. The lowest BCUT2D eigenvalue weighted by Crippen LogP contribution is -2.22. The van der Waals surface area contributed by atoms with Gasteiger partial charge in [0.1, 0.15) is 0 Å². The first-order valence-corrected chi connectivity index (χ1v) is 7.39. The molecule has 0 radical (unpaired) electrons. The predicted octanol–water partition coefficient (Wildman–Crippen LogP) is 3.87. The maximum absolute atomic E-state index is 6.33. The number of halogens is 1. The van der Waals surface area contributed by atoms with Crippen LogP contribution in [0.15, 0.2) is 48.5 Å². The van der Waals surface area contributed by atoms with Gasteiger partial charge in [-0.3, -0.25) is 0 Å². The zero-order valence-corrected chi connectivity index (χ0v) is 12.6. The van der Waals surface area contributed by atoms with Crippen molar-refractivity contribution in [3.8, 4) is 0 Å². The minimum absolute atomic E-state index is 0.626. The number of hydrogen-bond donors (Lipinski definition) is 1. The molecule has 0 heterocycles. The van der Waals surface area contributed by atoms with Crippen molar-refractivity contribution >= 4 is 17.3 Å². The fourth-order valence-electron chi connectivity index (χ4n) is 2.28. The molecule has 0 amide bonds.